The predicted molar refractivity (Wildman–Crippen MR) is 102 cm³/mol. The molecule has 24 heavy (non-hydrogen) atoms. The van der Waals surface area contributed by atoms with Crippen molar-refractivity contribution in [2.75, 3.05) is 19.6 Å². The second-order valence-corrected chi connectivity index (χ2v) is 9.20. The summed E-state index contributed by atoms with van der Waals surface area (Å²) < 4.78 is 0. The fraction of sp³-hybridized carbons (Fsp3) is 0.619. The van der Waals surface area contributed by atoms with Crippen LogP contribution in [0.25, 0.3) is 5.57 Å². The largest absolute Gasteiger partial charge is 0.309 e. The van der Waals surface area contributed by atoms with Crippen molar-refractivity contribution in [2.45, 2.75) is 58.0 Å². The van der Waals surface area contributed by atoms with Gasteiger partial charge < -0.3 is 5.32 Å². The lowest BCUT2D eigenvalue weighted by atomic mass is 9.72. The summed E-state index contributed by atoms with van der Waals surface area (Å²) in [4.78, 5) is 2.70. The molecule has 1 N–H and O–H groups in total. The molecule has 0 saturated carbocycles. The van der Waals surface area contributed by atoms with Gasteiger partial charge in [0.2, 0.25) is 0 Å². The van der Waals surface area contributed by atoms with E-state index >= 15 is 0 Å². The zero-order chi connectivity index (χ0) is 16.7. The van der Waals surface area contributed by atoms with Crippen molar-refractivity contribution >= 4 is 17.2 Å². The summed E-state index contributed by atoms with van der Waals surface area (Å²) in [5.74, 6) is 0. The van der Waals surface area contributed by atoms with Crippen molar-refractivity contribution < 1.29 is 0 Å². The molecule has 2 aliphatic heterocycles. The van der Waals surface area contributed by atoms with E-state index in [1.165, 1.54) is 50.8 Å². The lowest BCUT2D eigenvalue weighted by Crippen LogP contribution is -2.51. The Bertz CT molecular complexity index is 620. The van der Waals surface area contributed by atoms with Gasteiger partial charge in [0.15, 0.2) is 0 Å². The van der Waals surface area contributed by atoms with E-state index < -0.39 is 0 Å². The molecule has 0 radical (unpaired) electrons. The standard InChI is InChI=1S/C21H29ClN2/c1-21(2)10-9-16(12-24-13-18-7-8-19(14-24)23-18)20(11-21)15-3-5-17(22)6-4-15/h3-6,18-19,23H,7-14H2,1-2H3. The van der Waals surface area contributed by atoms with Gasteiger partial charge in [-0.2, -0.15) is 0 Å². The maximum Gasteiger partial charge on any atom is 0.0406 e. The number of rotatable bonds is 3. The molecule has 1 aliphatic carbocycles. The van der Waals surface area contributed by atoms with Gasteiger partial charge in [0.1, 0.15) is 0 Å². The molecule has 0 spiro atoms. The van der Waals surface area contributed by atoms with Gasteiger partial charge in [-0.15, -0.1) is 0 Å². The van der Waals surface area contributed by atoms with Gasteiger partial charge in [-0.1, -0.05) is 43.2 Å². The molecule has 2 unspecified atom stereocenters. The van der Waals surface area contributed by atoms with Crippen LogP contribution < -0.4 is 5.32 Å². The number of hydrogen-bond acceptors (Lipinski definition) is 2. The molecular formula is C21H29ClN2. The summed E-state index contributed by atoms with van der Waals surface area (Å²) in [7, 11) is 0. The van der Waals surface area contributed by atoms with Gasteiger partial charge in [-0.3, -0.25) is 4.90 Å². The maximum absolute atomic E-state index is 6.11. The zero-order valence-corrected chi connectivity index (χ0v) is 15.7. The Morgan fingerprint density at radius 2 is 1.79 bits per heavy atom. The molecule has 2 heterocycles. The predicted octanol–water partition coefficient (Wildman–Crippen LogP) is 4.74. The Balaban J connectivity index is 1.60. The molecule has 2 saturated heterocycles. The number of fused-ring (bicyclic) bond motifs is 2. The third-order valence-corrected chi connectivity index (χ3v) is 6.34. The van der Waals surface area contributed by atoms with Crippen molar-refractivity contribution in [3.63, 3.8) is 0 Å². The molecule has 3 heteroatoms. The van der Waals surface area contributed by atoms with E-state index in [0.717, 1.165) is 23.7 Å². The van der Waals surface area contributed by atoms with Crippen LogP contribution in [-0.4, -0.2) is 36.6 Å². The summed E-state index contributed by atoms with van der Waals surface area (Å²) in [5.41, 5.74) is 5.02. The van der Waals surface area contributed by atoms with Crippen LogP contribution in [-0.2, 0) is 0 Å². The molecule has 2 nitrogen and oxygen atoms in total. The number of benzene rings is 1. The highest BCUT2D eigenvalue weighted by molar-refractivity contribution is 6.30. The molecule has 1 aromatic carbocycles. The fourth-order valence-electron chi connectivity index (χ4n) is 4.75. The minimum Gasteiger partial charge on any atom is -0.309 e. The Labute approximate surface area is 151 Å². The molecule has 3 aliphatic rings. The second kappa shape index (κ2) is 6.48. The quantitative estimate of drug-likeness (QED) is 0.852. The monoisotopic (exact) mass is 344 g/mol. The Hall–Kier alpha value is -0.830. The topological polar surface area (TPSA) is 15.3 Å². The van der Waals surface area contributed by atoms with Crippen molar-refractivity contribution in [2.24, 2.45) is 5.41 Å². The molecule has 4 rings (SSSR count). The normalized spacial score (nSPS) is 30.0. The van der Waals surface area contributed by atoms with Crippen LogP contribution in [0.2, 0.25) is 5.02 Å². The zero-order valence-electron chi connectivity index (χ0n) is 14.9. The average molecular weight is 345 g/mol. The summed E-state index contributed by atoms with van der Waals surface area (Å²) in [6.45, 7) is 8.41. The third-order valence-electron chi connectivity index (χ3n) is 6.08. The number of nitrogens with zero attached hydrogens (tertiary/aromatic N) is 1. The summed E-state index contributed by atoms with van der Waals surface area (Å²) in [6.07, 6.45) is 6.44. The number of piperazine rings is 1. The first-order chi connectivity index (χ1) is 11.5. The highest BCUT2D eigenvalue weighted by Gasteiger charge is 2.34. The Kier molecular flexibility index (Phi) is 4.49. The Morgan fingerprint density at radius 3 is 2.46 bits per heavy atom. The maximum atomic E-state index is 6.11. The van der Waals surface area contributed by atoms with Crippen LogP contribution in [0.4, 0.5) is 0 Å². The lowest BCUT2D eigenvalue weighted by Gasteiger charge is -2.38. The van der Waals surface area contributed by atoms with Crippen LogP contribution >= 0.6 is 11.6 Å². The van der Waals surface area contributed by atoms with E-state index in [9.17, 15) is 0 Å². The van der Waals surface area contributed by atoms with E-state index in [2.05, 4.69) is 36.2 Å². The second-order valence-electron chi connectivity index (χ2n) is 8.76. The lowest BCUT2D eigenvalue weighted by molar-refractivity contribution is 0.205. The molecule has 1 aromatic rings. The molecule has 2 bridgehead atoms. The van der Waals surface area contributed by atoms with Gasteiger partial charge in [0.25, 0.3) is 0 Å². The number of halogens is 1. The van der Waals surface area contributed by atoms with E-state index in [1.54, 1.807) is 11.1 Å². The Morgan fingerprint density at radius 1 is 1.12 bits per heavy atom. The van der Waals surface area contributed by atoms with Crippen molar-refractivity contribution in [1.82, 2.24) is 10.2 Å². The van der Waals surface area contributed by atoms with Gasteiger partial charge in [0, 0.05) is 36.7 Å². The van der Waals surface area contributed by atoms with Gasteiger partial charge >= 0.3 is 0 Å². The smallest absolute Gasteiger partial charge is 0.0406 e. The van der Waals surface area contributed by atoms with Crippen LogP contribution in [0.3, 0.4) is 0 Å². The third kappa shape index (κ3) is 3.56. The van der Waals surface area contributed by atoms with Gasteiger partial charge in [0.05, 0.1) is 0 Å². The van der Waals surface area contributed by atoms with Crippen molar-refractivity contribution in [3.05, 3.63) is 40.4 Å². The SMILES string of the molecule is CC1(C)CCC(CN2CC3CCC(C2)N3)=C(c2ccc(Cl)cc2)C1. The van der Waals surface area contributed by atoms with E-state index in [-0.39, 0.29) is 0 Å². The summed E-state index contributed by atoms with van der Waals surface area (Å²) in [6, 6.07) is 9.94. The first-order valence-corrected chi connectivity index (χ1v) is 9.82. The van der Waals surface area contributed by atoms with E-state index in [0.29, 0.717) is 5.41 Å². The summed E-state index contributed by atoms with van der Waals surface area (Å²) in [5, 5.41) is 4.58. The van der Waals surface area contributed by atoms with Crippen LogP contribution in [0.5, 0.6) is 0 Å². The van der Waals surface area contributed by atoms with Crippen LogP contribution in [0.15, 0.2) is 29.8 Å². The molecular weight excluding hydrogens is 316 g/mol. The number of nitrogens with one attached hydrogen (secondary N) is 1. The highest BCUT2D eigenvalue weighted by Crippen LogP contribution is 2.43. The van der Waals surface area contributed by atoms with Gasteiger partial charge in [-0.25, -0.2) is 0 Å². The van der Waals surface area contributed by atoms with Gasteiger partial charge in [-0.05, 0) is 60.8 Å². The fourth-order valence-corrected chi connectivity index (χ4v) is 4.88. The molecule has 0 aromatic heterocycles. The molecule has 2 atom stereocenters. The highest BCUT2D eigenvalue weighted by atomic mass is 35.5. The number of hydrogen-bond donors (Lipinski definition) is 1. The average Bonchev–Trinajstić information content (AvgIpc) is 2.88. The molecule has 0 amide bonds. The number of allylic oxidation sites excluding steroid dienone is 1. The van der Waals surface area contributed by atoms with Crippen molar-refractivity contribution in [1.29, 1.82) is 0 Å². The molecule has 130 valence electrons. The van der Waals surface area contributed by atoms with Crippen LogP contribution in [0, 0.1) is 5.41 Å². The first-order valence-electron chi connectivity index (χ1n) is 9.44. The minimum absolute atomic E-state index is 0.404. The van der Waals surface area contributed by atoms with E-state index in [1.807, 2.05) is 12.1 Å². The van der Waals surface area contributed by atoms with Crippen molar-refractivity contribution in [3.8, 4) is 0 Å². The first kappa shape index (κ1) is 16.6. The number of likely N-dealkylation sites (tertiary alicyclic amines) is 1. The van der Waals surface area contributed by atoms with Crippen LogP contribution in [0.1, 0.15) is 51.5 Å². The minimum atomic E-state index is 0.404. The van der Waals surface area contributed by atoms with E-state index in [4.69, 9.17) is 11.6 Å². The molecule has 2 fully saturated rings. The summed E-state index contributed by atoms with van der Waals surface area (Å²) >= 11 is 6.11.